The molecule has 3 aliphatic heterocycles. The van der Waals surface area contributed by atoms with Gasteiger partial charge in [0.2, 0.25) is 15.9 Å². The van der Waals surface area contributed by atoms with Gasteiger partial charge in [-0.25, -0.2) is 13.2 Å². The molecule has 1 aromatic heterocycles. The van der Waals surface area contributed by atoms with Crippen molar-refractivity contribution < 1.29 is 27.5 Å². The van der Waals surface area contributed by atoms with Crippen LogP contribution in [0.3, 0.4) is 0 Å². The van der Waals surface area contributed by atoms with Gasteiger partial charge >= 0.3 is 6.09 Å². The molecule has 1 aromatic carbocycles. The summed E-state index contributed by atoms with van der Waals surface area (Å²) < 4.78 is 38.0. The lowest BCUT2D eigenvalue weighted by atomic mass is 9.76. The summed E-state index contributed by atoms with van der Waals surface area (Å²) in [7, 11) is -2.04. The summed E-state index contributed by atoms with van der Waals surface area (Å²) >= 11 is 6.18. The van der Waals surface area contributed by atoms with Crippen LogP contribution < -0.4 is 16.0 Å². The van der Waals surface area contributed by atoms with Gasteiger partial charge in [0.25, 0.3) is 0 Å². The van der Waals surface area contributed by atoms with Crippen molar-refractivity contribution in [3.8, 4) is 0 Å². The Morgan fingerprint density at radius 1 is 1.19 bits per heavy atom. The predicted molar refractivity (Wildman–Crippen MR) is 164 cm³/mol. The van der Waals surface area contributed by atoms with Gasteiger partial charge in [0, 0.05) is 55.5 Å². The molecule has 11 nitrogen and oxygen atoms in total. The second-order valence-corrected chi connectivity index (χ2v) is 14.0. The van der Waals surface area contributed by atoms with Crippen LogP contribution in [-0.2, 0) is 30.7 Å². The van der Waals surface area contributed by atoms with Crippen LogP contribution in [-0.4, -0.2) is 87.0 Å². The summed E-state index contributed by atoms with van der Waals surface area (Å²) in [5.74, 6) is -0.526. The zero-order valence-corrected chi connectivity index (χ0v) is 25.9. The minimum absolute atomic E-state index is 0.0643. The highest BCUT2D eigenvalue weighted by molar-refractivity contribution is 7.89. The first kappa shape index (κ1) is 31.6. The first-order chi connectivity index (χ1) is 20.7. The van der Waals surface area contributed by atoms with Gasteiger partial charge < -0.3 is 25.4 Å². The van der Waals surface area contributed by atoms with Crippen molar-refractivity contribution in [2.24, 2.45) is 5.92 Å². The Hall–Kier alpha value is -2.77. The number of halogens is 1. The Morgan fingerprint density at radius 3 is 2.70 bits per heavy atom. The normalized spacial score (nSPS) is 25.1. The van der Waals surface area contributed by atoms with E-state index in [2.05, 4.69) is 20.9 Å². The van der Waals surface area contributed by atoms with Crippen molar-refractivity contribution in [2.75, 3.05) is 44.5 Å². The Bertz CT molecular complexity index is 1370. The second kappa shape index (κ2) is 14.3. The molecule has 0 spiro atoms. The number of carbonyl (C=O) groups is 2. The molecule has 3 aliphatic rings. The summed E-state index contributed by atoms with van der Waals surface area (Å²) in [6.45, 7) is 2.22. The number of anilines is 1. The van der Waals surface area contributed by atoms with Gasteiger partial charge in [0.1, 0.15) is 6.04 Å². The lowest BCUT2D eigenvalue weighted by molar-refractivity contribution is -0.119. The zero-order valence-electron chi connectivity index (χ0n) is 24.3. The van der Waals surface area contributed by atoms with E-state index >= 15 is 0 Å². The highest BCUT2D eigenvalue weighted by Gasteiger charge is 2.39. The minimum Gasteiger partial charge on any atom is -0.453 e. The fraction of sp³-hybridized carbons (Fsp3) is 0.567. The number of aryl methyl sites for hydroxylation is 1. The summed E-state index contributed by atoms with van der Waals surface area (Å²) in [6, 6.07) is 8.23. The van der Waals surface area contributed by atoms with Crippen LogP contribution in [0.4, 0.5) is 10.5 Å². The van der Waals surface area contributed by atoms with Crippen LogP contribution in [0, 0.1) is 5.92 Å². The van der Waals surface area contributed by atoms with Crippen LogP contribution in [0.2, 0.25) is 5.02 Å². The van der Waals surface area contributed by atoms with Crippen molar-refractivity contribution in [3.05, 3.63) is 58.9 Å². The first-order valence-electron chi connectivity index (χ1n) is 14.9. The van der Waals surface area contributed by atoms with Crippen molar-refractivity contribution in [3.63, 3.8) is 0 Å². The smallest absolute Gasteiger partial charge is 0.407 e. The third-order valence-electron chi connectivity index (χ3n) is 8.81. The number of aromatic nitrogens is 1. The Morgan fingerprint density at radius 2 is 1.95 bits per heavy atom. The number of hydrogen-bond donors (Lipinski definition) is 3. The van der Waals surface area contributed by atoms with Gasteiger partial charge in [-0.05, 0) is 73.8 Å². The number of carbonyl (C=O) groups excluding carboxylic acids is 2. The molecule has 5 atom stereocenters. The van der Waals surface area contributed by atoms with Gasteiger partial charge in [-0.3, -0.25) is 9.78 Å². The molecule has 234 valence electrons. The van der Waals surface area contributed by atoms with Gasteiger partial charge in [-0.15, -0.1) is 0 Å². The summed E-state index contributed by atoms with van der Waals surface area (Å²) in [5, 5.41) is 9.89. The van der Waals surface area contributed by atoms with Crippen molar-refractivity contribution >= 4 is 39.3 Å². The maximum atomic E-state index is 14.0. The van der Waals surface area contributed by atoms with E-state index in [9.17, 15) is 18.0 Å². The van der Waals surface area contributed by atoms with Crippen molar-refractivity contribution in [1.82, 2.24) is 19.9 Å². The molecular weight excluding hydrogens is 594 g/mol. The molecule has 0 radical (unpaired) electrons. The average Bonchev–Trinajstić information content (AvgIpc) is 3.13. The monoisotopic (exact) mass is 633 g/mol. The molecule has 13 heteroatoms. The largest absolute Gasteiger partial charge is 0.453 e. The Balaban J connectivity index is 1.37. The molecule has 2 bridgehead atoms. The third-order valence-corrected chi connectivity index (χ3v) is 11.0. The van der Waals surface area contributed by atoms with E-state index in [1.165, 1.54) is 7.11 Å². The first-order valence-corrected chi connectivity index (χ1v) is 16.9. The molecule has 2 amide bonds. The quantitative estimate of drug-likeness (QED) is 0.382. The van der Waals surface area contributed by atoms with Crippen LogP contribution in [0.15, 0.2) is 42.7 Å². The van der Waals surface area contributed by atoms with E-state index in [0.717, 1.165) is 30.4 Å². The summed E-state index contributed by atoms with van der Waals surface area (Å²) in [4.78, 5) is 30.8. The topological polar surface area (TPSA) is 139 Å². The zero-order chi connectivity index (χ0) is 30.4. The Kier molecular flexibility index (Phi) is 10.6. The molecule has 3 fully saturated rings. The number of benzene rings is 1. The number of piperazine rings is 1. The number of rotatable bonds is 9. The second-order valence-electron chi connectivity index (χ2n) is 11.5. The summed E-state index contributed by atoms with van der Waals surface area (Å²) in [6.07, 6.45) is 6.64. The van der Waals surface area contributed by atoms with E-state index in [1.807, 2.05) is 18.2 Å². The van der Waals surface area contributed by atoms with E-state index in [4.69, 9.17) is 21.1 Å². The van der Waals surface area contributed by atoms with E-state index < -0.39 is 28.1 Å². The molecule has 1 unspecified atom stereocenters. The van der Waals surface area contributed by atoms with E-state index in [-0.39, 0.29) is 29.7 Å². The Labute approximate surface area is 258 Å². The fourth-order valence-electron chi connectivity index (χ4n) is 6.53. The number of fused-ring (bicyclic) bond motifs is 2. The standard InChI is InChI=1S/C30H40ClN5O6S/c1-41-30(38)35-28(27(22-11-14-42-15-12-22)21-4-7-23(31)8-5-21)29(37)34-26-18-32-13-10-20(26)6-9-25-17-33-24-3-2-16-43(39,40)36(25)19-24/h4-5,7-8,10,13,18,22,24-25,27-28,33H,2-3,6,9,11-12,14-17,19H2,1H3,(H,34,37)(H,35,38)/t24-,25+,27+,28+/m1/s1. The number of methoxy groups -OCH3 is 1. The predicted octanol–water partition coefficient (Wildman–Crippen LogP) is 3.31. The molecule has 3 saturated heterocycles. The highest BCUT2D eigenvalue weighted by atomic mass is 35.5. The molecule has 43 heavy (non-hydrogen) atoms. The van der Waals surface area contributed by atoms with E-state index in [0.29, 0.717) is 56.3 Å². The highest BCUT2D eigenvalue weighted by Crippen LogP contribution is 2.36. The molecule has 5 rings (SSSR count). The van der Waals surface area contributed by atoms with Gasteiger partial charge in [0.05, 0.1) is 24.7 Å². The van der Waals surface area contributed by atoms with Gasteiger partial charge in [-0.2, -0.15) is 4.31 Å². The average molecular weight is 634 g/mol. The number of hydrogen-bond acceptors (Lipinski definition) is 8. The number of amides is 2. The molecule has 4 heterocycles. The van der Waals surface area contributed by atoms with E-state index in [1.54, 1.807) is 28.8 Å². The molecule has 3 N–H and O–H groups in total. The lowest BCUT2D eigenvalue weighted by Gasteiger charge is -2.37. The summed E-state index contributed by atoms with van der Waals surface area (Å²) in [5.41, 5.74) is 2.23. The number of nitrogens with one attached hydrogen (secondary N) is 3. The van der Waals surface area contributed by atoms with Crippen LogP contribution in [0.25, 0.3) is 0 Å². The number of nitrogens with zero attached hydrogens (tertiary/aromatic N) is 2. The number of sulfonamides is 1. The van der Waals surface area contributed by atoms with Crippen molar-refractivity contribution in [2.45, 2.75) is 62.6 Å². The molecule has 0 saturated carbocycles. The van der Waals surface area contributed by atoms with Crippen LogP contribution >= 0.6 is 11.6 Å². The number of ether oxygens (including phenoxy) is 2. The van der Waals surface area contributed by atoms with Crippen molar-refractivity contribution in [1.29, 1.82) is 0 Å². The van der Waals surface area contributed by atoms with Crippen LogP contribution in [0.1, 0.15) is 49.1 Å². The number of alkyl carbamates (subject to hydrolysis) is 1. The number of pyridine rings is 1. The van der Waals surface area contributed by atoms with Gasteiger partial charge in [-0.1, -0.05) is 23.7 Å². The fourth-order valence-corrected chi connectivity index (χ4v) is 8.47. The maximum Gasteiger partial charge on any atom is 0.407 e. The third kappa shape index (κ3) is 7.85. The van der Waals surface area contributed by atoms with Crippen LogP contribution in [0.5, 0.6) is 0 Å². The molecular formula is C30H40ClN5O6S. The van der Waals surface area contributed by atoms with Gasteiger partial charge in [0.15, 0.2) is 0 Å². The molecule has 0 aliphatic carbocycles. The lowest BCUT2D eigenvalue weighted by Crippen LogP contribution is -2.57. The molecule has 2 aromatic rings. The minimum atomic E-state index is -3.31. The SMILES string of the molecule is COC(=O)N[C@H](C(=O)Nc1cnccc1CC[C@H]1CN[C@@H]2CCCS(=O)(=O)N1C2)[C@@H](c1ccc(Cl)cc1)C1CCOCC1. The maximum absolute atomic E-state index is 14.0.